The van der Waals surface area contributed by atoms with E-state index in [-0.39, 0.29) is 11.3 Å². The van der Waals surface area contributed by atoms with E-state index in [0.717, 1.165) is 0 Å². The van der Waals surface area contributed by atoms with Crippen molar-refractivity contribution in [1.82, 2.24) is 0 Å². The third-order valence-electron chi connectivity index (χ3n) is 3.98. The number of hydrogen-bond donors (Lipinski definition) is 1. The summed E-state index contributed by atoms with van der Waals surface area (Å²) in [6.07, 6.45) is 0. The molecule has 1 heterocycles. The number of methoxy groups -OCH3 is 1. The summed E-state index contributed by atoms with van der Waals surface area (Å²) in [4.78, 5) is 11.8. The molecule has 2 rings (SSSR count). The Morgan fingerprint density at radius 3 is 2.25 bits per heavy atom. The van der Waals surface area contributed by atoms with Crippen molar-refractivity contribution in [2.75, 3.05) is 7.11 Å². The van der Waals surface area contributed by atoms with Crippen molar-refractivity contribution in [3.8, 4) is 5.75 Å². The number of benzene rings is 1. The normalized spacial score (nSPS) is 19.9. The van der Waals surface area contributed by atoms with E-state index < -0.39 is 24.3 Å². The van der Waals surface area contributed by atoms with E-state index in [4.69, 9.17) is 14.0 Å². The second-order valence-electron chi connectivity index (χ2n) is 5.82. The van der Waals surface area contributed by atoms with Crippen molar-refractivity contribution in [3.63, 3.8) is 0 Å². The first-order valence-electron chi connectivity index (χ1n) is 6.45. The van der Waals surface area contributed by atoms with Crippen LogP contribution in [0.2, 0.25) is 0 Å². The number of ether oxygens (including phenoxy) is 1. The Morgan fingerprint density at radius 2 is 1.75 bits per heavy atom. The Bertz CT molecular complexity index is 522. The molecule has 0 amide bonds. The van der Waals surface area contributed by atoms with Crippen LogP contribution in [0.4, 0.5) is 0 Å². The molecule has 1 aliphatic heterocycles. The standard InChI is InChI=1S/C14H19BO5/c1-13(2)14(3,4)20-15(19-13)11-9(12(17)18-5)7-6-8-10(11)16/h6-8,16H,1-5H3. The first-order chi connectivity index (χ1) is 9.19. The zero-order valence-electron chi connectivity index (χ0n) is 12.4. The van der Waals surface area contributed by atoms with E-state index in [1.807, 2.05) is 27.7 Å². The summed E-state index contributed by atoms with van der Waals surface area (Å²) in [7, 11) is 0.482. The minimum Gasteiger partial charge on any atom is -0.508 e. The SMILES string of the molecule is COC(=O)c1cccc(O)c1B1OC(C)(C)C(C)(C)O1. The molecule has 1 N–H and O–H groups in total. The lowest BCUT2D eigenvalue weighted by Crippen LogP contribution is -2.41. The molecular weight excluding hydrogens is 259 g/mol. The maximum atomic E-state index is 11.8. The van der Waals surface area contributed by atoms with E-state index in [0.29, 0.717) is 5.46 Å². The topological polar surface area (TPSA) is 65.0 Å². The Labute approximate surface area is 119 Å². The van der Waals surface area contributed by atoms with Crippen molar-refractivity contribution >= 4 is 18.6 Å². The summed E-state index contributed by atoms with van der Waals surface area (Å²) in [5.41, 5.74) is -0.551. The van der Waals surface area contributed by atoms with Crippen molar-refractivity contribution in [2.45, 2.75) is 38.9 Å². The highest BCUT2D eigenvalue weighted by atomic mass is 16.7. The monoisotopic (exact) mass is 278 g/mol. The fourth-order valence-electron chi connectivity index (χ4n) is 2.05. The van der Waals surface area contributed by atoms with Crippen LogP contribution in [0.1, 0.15) is 38.1 Å². The van der Waals surface area contributed by atoms with Crippen LogP contribution >= 0.6 is 0 Å². The van der Waals surface area contributed by atoms with E-state index in [1.165, 1.54) is 13.2 Å². The third-order valence-corrected chi connectivity index (χ3v) is 3.98. The average molecular weight is 278 g/mol. The number of phenolic OH excluding ortho intramolecular Hbond substituents is 1. The second-order valence-corrected chi connectivity index (χ2v) is 5.82. The number of hydrogen-bond acceptors (Lipinski definition) is 5. The van der Waals surface area contributed by atoms with Crippen LogP contribution < -0.4 is 5.46 Å². The smallest absolute Gasteiger partial charge is 0.499 e. The second kappa shape index (κ2) is 4.79. The number of carbonyl (C=O) groups excluding carboxylic acids is 1. The average Bonchev–Trinajstić information content (AvgIpc) is 2.56. The first kappa shape index (κ1) is 14.9. The van der Waals surface area contributed by atoms with E-state index in [1.54, 1.807) is 12.1 Å². The van der Waals surface area contributed by atoms with Crippen LogP contribution in [0.15, 0.2) is 18.2 Å². The highest BCUT2D eigenvalue weighted by Gasteiger charge is 2.53. The quantitative estimate of drug-likeness (QED) is 0.655. The minimum absolute atomic E-state index is 0.0496. The molecule has 1 aromatic carbocycles. The molecule has 1 fully saturated rings. The summed E-state index contributed by atoms with van der Waals surface area (Å²) in [5.74, 6) is -0.586. The summed E-state index contributed by atoms with van der Waals surface area (Å²) in [6.45, 7) is 7.63. The van der Waals surface area contributed by atoms with Gasteiger partial charge in [0.1, 0.15) is 5.75 Å². The van der Waals surface area contributed by atoms with Crippen LogP contribution in [0, 0.1) is 0 Å². The molecule has 5 nitrogen and oxygen atoms in total. The van der Waals surface area contributed by atoms with E-state index in [9.17, 15) is 9.90 Å². The summed E-state index contributed by atoms with van der Waals surface area (Å²) in [5, 5.41) is 10.1. The zero-order valence-corrected chi connectivity index (χ0v) is 12.4. The van der Waals surface area contributed by atoms with Gasteiger partial charge in [-0.1, -0.05) is 6.07 Å². The molecule has 0 aliphatic carbocycles. The van der Waals surface area contributed by atoms with Gasteiger partial charge in [0.05, 0.1) is 23.9 Å². The third kappa shape index (κ3) is 2.29. The molecule has 0 spiro atoms. The predicted molar refractivity (Wildman–Crippen MR) is 75.2 cm³/mol. The maximum Gasteiger partial charge on any atom is 0.499 e. The Kier molecular flexibility index (Phi) is 3.56. The molecular formula is C14H19BO5. The van der Waals surface area contributed by atoms with Crippen LogP contribution in [0.25, 0.3) is 0 Å². The van der Waals surface area contributed by atoms with Crippen molar-refractivity contribution in [1.29, 1.82) is 0 Å². The Hall–Kier alpha value is -1.53. The largest absolute Gasteiger partial charge is 0.508 e. The van der Waals surface area contributed by atoms with Crippen molar-refractivity contribution in [3.05, 3.63) is 23.8 Å². The lowest BCUT2D eigenvalue weighted by molar-refractivity contribution is 0.00578. The van der Waals surface area contributed by atoms with Gasteiger partial charge in [-0.25, -0.2) is 4.79 Å². The highest BCUT2D eigenvalue weighted by molar-refractivity contribution is 6.64. The summed E-state index contributed by atoms with van der Waals surface area (Å²) in [6, 6.07) is 4.65. The van der Waals surface area contributed by atoms with Crippen molar-refractivity contribution < 1.29 is 23.9 Å². The molecule has 1 aromatic rings. The van der Waals surface area contributed by atoms with Gasteiger partial charge in [0, 0.05) is 5.46 Å². The van der Waals surface area contributed by atoms with Gasteiger partial charge in [0.25, 0.3) is 0 Å². The first-order valence-corrected chi connectivity index (χ1v) is 6.45. The molecule has 20 heavy (non-hydrogen) atoms. The van der Waals surface area contributed by atoms with Crippen LogP contribution in [0.3, 0.4) is 0 Å². The van der Waals surface area contributed by atoms with Gasteiger partial charge in [0.15, 0.2) is 0 Å². The van der Waals surface area contributed by atoms with Crippen molar-refractivity contribution in [2.24, 2.45) is 0 Å². The maximum absolute atomic E-state index is 11.8. The van der Waals surface area contributed by atoms with Gasteiger partial charge in [-0.15, -0.1) is 0 Å². The molecule has 0 saturated carbocycles. The summed E-state index contributed by atoms with van der Waals surface area (Å²) >= 11 is 0. The molecule has 0 bridgehead atoms. The molecule has 1 aliphatic rings. The molecule has 0 radical (unpaired) electrons. The van der Waals surface area contributed by atoms with Gasteiger partial charge in [-0.05, 0) is 39.8 Å². The van der Waals surface area contributed by atoms with Gasteiger partial charge >= 0.3 is 13.1 Å². The number of phenols is 1. The van der Waals surface area contributed by atoms with E-state index in [2.05, 4.69) is 0 Å². The highest BCUT2D eigenvalue weighted by Crippen LogP contribution is 2.37. The molecule has 108 valence electrons. The van der Waals surface area contributed by atoms with Crippen LogP contribution in [-0.4, -0.2) is 36.5 Å². The van der Waals surface area contributed by atoms with Crippen LogP contribution in [0.5, 0.6) is 5.75 Å². The molecule has 0 atom stereocenters. The number of esters is 1. The molecule has 0 aromatic heterocycles. The van der Waals surface area contributed by atoms with E-state index >= 15 is 0 Å². The molecule has 0 unspecified atom stereocenters. The Morgan fingerprint density at radius 1 is 1.20 bits per heavy atom. The minimum atomic E-state index is -0.810. The molecule has 1 saturated heterocycles. The molecule has 6 heteroatoms. The zero-order chi connectivity index (χ0) is 15.1. The van der Waals surface area contributed by atoms with Gasteiger partial charge in [-0.3, -0.25) is 0 Å². The summed E-state index contributed by atoms with van der Waals surface area (Å²) < 4.78 is 16.5. The Balaban J connectivity index is 2.47. The lowest BCUT2D eigenvalue weighted by Gasteiger charge is -2.32. The van der Waals surface area contributed by atoms with Gasteiger partial charge < -0.3 is 19.2 Å². The number of aromatic hydroxyl groups is 1. The van der Waals surface area contributed by atoms with Gasteiger partial charge in [0.2, 0.25) is 0 Å². The lowest BCUT2D eigenvalue weighted by atomic mass is 9.75. The fourth-order valence-corrected chi connectivity index (χ4v) is 2.05. The van der Waals surface area contributed by atoms with Gasteiger partial charge in [-0.2, -0.15) is 0 Å². The van der Waals surface area contributed by atoms with Crippen LogP contribution in [-0.2, 0) is 14.0 Å². The fraction of sp³-hybridized carbons (Fsp3) is 0.500. The number of rotatable bonds is 2. The predicted octanol–water partition coefficient (Wildman–Crippen LogP) is 1.48. The number of carbonyl (C=O) groups is 1.